The van der Waals surface area contributed by atoms with E-state index in [0.717, 1.165) is 17.2 Å². The van der Waals surface area contributed by atoms with E-state index in [1.54, 1.807) is 7.11 Å². The second kappa shape index (κ2) is 6.40. The topological polar surface area (TPSA) is 41.5 Å². The van der Waals surface area contributed by atoms with Crippen LogP contribution in [0.15, 0.2) is 24.3 Å². The molecule has 0 spiro atoms. The van der Waals surface area contributed by atoms with Crippen molar-refractivity contribution in [3.63, 3.8) is 0 Å². The Morgan fingerprint density at radius 3 is 2.37 bits per heavy atom. The highest BCUT2D eigenvalue weighted by atomic mass is 16.5. The Hall–Kier alpha value is -1.06. The first-order valence-corrected chi connectivity index (χ1v) is 7.17. The third kappa shape index (κ3) is 3.95. The Morgan fingerprint density at radius 1 is 1.26 bits per heavy atom. The molecule has 106 valence electrons. The van der Waals surface area contributed by atoms with Crippen molar-refractivity contribution in [1.29, 1.82) is 0 Å². The van der Waals surface area contributed by atoms with E-state index in [-0.39, 0.29) is 0 Å². The van der Waals surface area contributed by atoms with Gasteiger partial charge in [-0.2, -0.15) is 0 Å². The molecule has 1 aromatic carbocycles. The molecule has 0 aliphatic heterocycles. The number of aliphatic hydroxyl groups is 1. The number of benzene rings is 1. The molecule has 19 heavy (non-hydrogen) atoms. The molecule has 1 saturated carbocycles. The summed E-state index contributed by atoms with van der Waals surface area (Å²) < 4.78 is 5.12. The number of hydrogen-bond donors (Lipinski definition) is 2. The van der Waals surface area contributed by atoms with Crippen LogP contribution in [0.4, 0.5) is 0 Å². The van der Waals surface area contributed by atoms with Crippen LogP contribution in [0.1, 0.15) is 38.4 Å². The number of methoxy groups -OCH3 is 1. The first-order valence-electron chi connectivity index (χ1n) is 7.17. The lowest BCUT2D eigenvalue weighted by molar-refractivity contribution is 0.162. The Bertz CT molecular complexity index is 382. The standard InChI is InChI=1S/C16H25NO2/c1-11(2)16(13-4-5-13)17-10-15(18)12-6-8-14(19-3)9-7-12/h6-9,11,13,15-18H,4-5,10H2,1-3H3. The Balaban J connectivity index is 1.87. The van der Waals surface area contributed by atoms with Crippen molar-refractivity contribution in [3.05, 3.63) is 29.8 Å². The van der Waals surface area contributed by atoms with Crippen molar-refractivity contribution in [1.82, 2.24) is 5.32 Å². The van der Waals surface area contributed by atoms with Gasteiger partial charge < -0.3 is 15.2 Å². The van der Waals surface area contributed by atoms with Crippen LogP contribution >= 0.6 is 0 Å². The van der Waals surface area contributed by atoms with E-state index in [1.165, 1.54) is 12.8 Å². The maximum atomic E-state index is 10.2. The van der Waals surface area contributed by atoms with Gasteiger partial charge in [-0.25, -0.2) is 0 Å². The van der Waals surface area contributed by atoms with Crippen LogP contribution in [-0.4, -0.2) is 24.8 Å². The zero-order chi connectivity index (χ0) is 13.8. The van der Waals surface area contributed by atoms with Crippen LogP contribution in [0.2, 0.25) is 0 Å². The molecular weight excluding hydrogens is 238 g/mol. The fourth-order valence-corrected chi connectivity index (χ4v) is 2.59. The van der Waals surface area contributed by atoms with Crippen LogP contribution < -0.4 is 10.1 Å². The Labute approximate surface area is 116 Å². The summed E-state index contributed by atoms with van der Waals surface area (Å²) in [6.07, 6.45) is 2.20. The number of hydrogen-bond acceptors (Lipinski definition) is 3. The number of aliphatic hydroxyl groups excluding tert-OH is 1. The van der Waals surface area contributed by atoms with Crippen molar-refractivity contribution in [2.24, 2.45) is 11.8 Å². The largest absolute Gasteiger partial charge is 0.497 e. The minimum absolute atomic E-state index is 0.453. The number of nitrogens with one attached hydrogen (secondary N) is 1. The summed E-state index contributed by atoms with van der Waals surface area (Å²) in [7, 11) is 1.65. The van der Waals surface area contributed by atoms with Gasteiger partial charge in [0.25, 0.3) is 0 Å². The van der Waals surface area contributed by atoms with E-state index in [9.17, 15) is 5.11 Å². The highest BCUT2D eigenvalue weighted by Crippen LogP contribution is 2.35. The van der Waals surface area contributed by atoms with Gasteiger partial charge >= 0.3 is 0 Å². The van der Waals surface area contributed by atoms with Gasteiger partial charge in [-0.15, -0.1) is 0 Å². The molecule has 2 N–H and O–H groups in total. The van der Waals surface area contributed by atoms with E-state index >= 15 is 0 Å². The highest BCUT2D eigenvalue weighted by molar-refractivity contribution is 5.28. The van der Waals surface area contributed by atoms with Gasteiger partial charge in [-0.1, -0.05) is 26.0 Å². The Morgan fingerprint density at radius 2 is 1.89 bits per heavy atom. The molecule has 1 aliphatic rings. The molecule has 1 aliphatic carbocycles. The molecule has 0 amide bonds. The fraction of sp³-hybridized carbons (Fsp3) is 0.625. The average Bonchev–Trinajstić information content (AvgIpc) is 3.23. The average molecular weight is 263 g/mol. The lowest BCUT2D eigenvalue weighted by atomic mass is 9.99. The monoisotopic (exact) mass is 263 g/mol. The van der Waals surface area contributed by atoms with Crippen LogP contribution in [0.25, 0.3) is 0 Å². The first kappa shape index (κ1) is 14.4. The molecule has 3 nitrogen and oxygen atoms in total. The van der Waals surface area contributed by atoms with Crippen molar-refractivity contribution in [2.45, 2.75) is 38.8 Å². The van der Waals surface area contributed by atoms with E-state index in [2.05, 4.69) is 19.2 Å². The molecule has 0 aromatic heterocycles. The second-order valence-corrected chi connectivity index (χ2v) is 5.80. The predicted octanol–water partition coefficient (Wildman–Crippen LogP) is 2.75. The van der Waals surface area contributed by atoms with Gasteiger partial charge in [0.2, 0.25) is 0 Å². The van der Waals surface area contributed by atoms with Crippen molar-refractivity contribution >= 4 is 0 Å². The molecule has 1 aromatic rings. The van der Waals surface area contributed by atoms with Gasteiger partial charge in [0.15, 0.2) is 0 Å². The molecule has 0 heterocycles. The highest BCUT2D eigenvalue weighted by Gasteiger charge is 2.32. The fourth-order valence-electron chi connectivity index (χ4n) is 2.59. The third-order valence-corrected chi connectivity index (χ3v) is 3.90. The quantitative estimate of drug-likeness (QED) is 0.795. The minimum atomic E-state index is -0.453. The molecule has 2 atom stereocenters. The van der Waals surface area contributed by atoms with Crippen molar-refractivity contribution < 1.29 is 9.84 Å². The normalized spacial score (nSPS) is 18.4. The summed E-state index contributed by atoms with van der Waals surface area (Å²) in [5.74, 6) is 2.25. The van der Waals surface area contributed by atoms with Gasteiger partial charge in [-0.3, -0.25) is 0 Å². The zero-order valence-corrected chi connectivity index (χ0v) is 12.1. The molecular formula is C16H25NO2. The predicted molar refractivity (Wildman–Crippen MR) is 77.3 cm³/mol. The maximum absolute atomic E-state index is 10.2. The van der Waals surface area contributed by atoms with E-state index < -0.39 is 6.10 Å². The van der Waals surface area contributed by atoms with E-state index in [0.29, 0.717) is 18.5 Å². The Kier molecular flexibility index (Phi) is 4.83. The summed E-state index contributed by atoms with van der Waals surface area (Å²) >= 11 is 0. The molecule has 0 radical (unpaired) electrons. The summed E-state index contributed by atoms with van der Waals surface area (Å²) in [4.78, 5) is 0. The lowest BCUT2D eigenvalue weighted by Crippen LogP contribution is -2.38. The SMILES string of the molecule is COc1ccc(C(O)CNC(C(C)C)C2CC2)cc1. The summed E-state index contributed by atoms with van der Waals surface area (Å²) in [6, 6.07) is 8.16. The summed E-state index contributed by atoms with van der Waals surface area (Å²) in [5, 5.41) is 13.7. The number of rotatable bonds is 7. The summed E-state index contributed by atoms with van der Waals surface area (Å²) in [6.45, 7) is 5.11. The van der Waals surface area contributed by atoms with Crippen LogP contribution in [0, 0.1) is 11.8 Å². The molecule has 1 fully saturated rings. The van der Waals surface area contributed by atoms with Crippen LogP contribution in [0.3, 0.4) is 0 Å². The minimum Gasteiger partial charge on any atom is -0.497 e. The van der Waals surface area contributed by atoms with Gasteiger partial charge in [0.1, 0.15) is 5.75 Å². The maximum Gasteiger partial charge on any atom is 0.118 e. The van der Waals surface area contributed by atoms with Crippen LogP contribution in [0.5, 0.6) is 5.75 Å². The summed E-state index contributed by atoms with van der Waals surface area (Å²) in [5.41, 5.74) is 0.937. The van der Waals surface area contributed by atoms with Crippen molar-refractivity contribution in [3.8, 4) is 5.75 Å². The smallest absolute Gasteiger partial charge is 0.118 e. The molecule has 3 heteroatoms. The lowest BCUT2D eigenvalue weighted by Gasteiger charge is -2.24. The van der Waals surface area contributed by atoms with Gasteiger partial charge in [0.05, 0.1) is 13.2 Å². The first-order chi connectivity index (χ1) is 9.11. The van der Waals surface area contributed by atoms with E-state index in [1.807, 2.05) is 24.3 Å². The molecule has 0 saturated heterocycles. The van der Waals surface area contributed by atoms with Gasteiger partial charge in [-0.05, 0) is 42.4 Å². The van der Waals surface area contributed by atoms with Crippen molar-refractivity contribution in [2.75, 3.05) is 13.7 Å². The van der Waals surface area contributed by atoms with E-state index in [4.69, 9.17) is 4.74 Å². The molecule has 2 unspecified atom stereocenters. The molecule has 0 bridgehead atoms. The molecule has 2 rings (SSSR count). The third-order valence-electron chi connectivity index (χ3n) is 3.90. The zero-order valence-electron chi connectivity index (χ0n) is 12.1. The second-order valence-electron chi connectivity index (χ2n) is 5.80. The number of ether oxygens (including phenoxy) is 1. The van der Waals surface area contributed by atoms with Gasteiger partial charge in [0, 0.05) is 12.6 Å². The van der Waals surface area contributed by atoms with Crippen LogP contribution in [-0.2, 0) is 0 Å².